The van der Waals surface area contributed by atoms with Gasteiger partial charge in [-0.2, -0.15) is 15.8 Å². The molecule has 0 aliphatic carbocycles. The standard InChI is InChI=1S/C17H7ClF2N4O/c18-12-2-1-3-16(17(12)20)25-15-5-4-11(6-13(15)19)24-14(9-23)10(7-21)8-22/h1-6,24H. The molecule has 2 aromatic rings. The van der Waals surface area contributed by atoms with E-state index in [0.29, 0.717) is 0 Å². The second-order valence-electron chi connectivity index (χ2n) is 4.51. The van der Waals surface area contributed by atoms with Crippen molar-refractivity contribution in [3.05, 3.63) is 64.3 Å². The van der Waals surface area contributed by atoms with Gasteiger partial charge in [0.15, 0.2) is 28.7 Å². The van der Waals surface area contributed by atoms with Gasteiger partial charge in [-0.05, 0) is 24.3 Å². The Kier molecular flexibility index (Phi) is 5.53. The van der Waals surface area contributed by atoms with Crippen molar-refractivity contribution in [2.24, 2.45) is 0 Å². The first kappa shape index (κ1) is 17.7. The number of halogens is 3. The molecule has 2 aromatic carbocycles. The van der Waals surface area contributed by atoms with Crippen LogP contribution in [0.25, 0.3) is 0 Å². The monoisotopic (exact) mass is 356 g/mol. The number of hydrogen-bond donors (Lipinski definition) is 1. The van der Waals surface area contributed by atoms with Crippen molar-refractivity contribution in [1.82, 2.24) is 0 Å². The number of anilines is 1. The number of ether oxygens (including phenoxy) is 1. The molecule has 0 amide bonds. The molecule has 1 N–H and O–H groups in total. The van der Waals surface area contributed by atoms with Crippen LogP contribution in [0.5, 0.6) is 11.5 Å². The highest BCUT2D eigenvalue weighted by Crippen LogP contribution is 2.31. The summed E-state index contributed by atoms with van der Waals surface area (Å²) in [6, 6.07) is 12.3. The number of benzene rings is 2. The van der Waals surface area contributed by atoms with E-state index in [4.69, 9.17) is 32.1 Å². The fourth-order valence-corrected chi connectivity index (χ4v) is 1.94. The first-order valence-electron chi connectivity index (χ1n) is 6.63. The van der Waals surface area contributed by atoms with Crippen molar-refractivity contribution in [3.8, 4) is 29.7 Å². The molecule has 2 rings (SSSR count). The van der Waals surface area contributed by atoms with Gasteiger partial charge in [0, 0.05) is 11.8 Å². The Morgan fingerprint density at radius 2 is 1.72 bits per heavy atom. The van der Waals surface area contributed by atoms with E-state index in [-0.39, 0.29) is 27.9 Å². The van der Waals surface area contributed by atoms with Crippen LogP contribution in [0, 0.1) is 45.6 Å². The Balaban J connectivity index is 2.29. The third-order valence-corrected chi connectivity index (χ3v) is 3.21. The average molecular weight is 357 g/mol. The number of allylic oxidation sites excluding steroid dienone is 2. The summed E-state index contributed by atoms with van der Waals surface area (Å²) in [7, 11) is 0. The lowest BCUT2D eigenvalue weighted by molar-refractivity contribution is 0.415. The first-order valence-corrected chi connectivity index (χ1v) is 7.01. The normalized spacial score (nSPS) is 9.28. The quantitative estimate of drug-likeness (QED) is 0.805. The van der Waals surface area contributed by atoms with Crippen molar-refractivity contribution in [2.45, 2.75) is 0 Å². The van der Waals surface area contributed by atoms with Crippen molar-refractivity contribution < 1.29 is 13.5 Å². The van der Waals surface area contributed by atoms with E-state index in [2.05, 4.69) is 5.32 Å². The topological polar surface area (TPSA) is 92.6 Å². The van der Waals surface area contributed by atoms with Gasteiger partial charge in [-0.1, -0.05) is 17.7 Å². The number of rotatable bonds is 4. The summed E-state index contributed by atoms with van der Waals surface area (Å²) in [5, 5.41) is 28.8. The van der Waals surface area contributed by atoms with Crippen LogP contribution in [0.4, 0.5) is 14.5 Å². The highest BCUT2D eigenvalue weighted by Gasteiger charge is 2.13. The maximum atomic E-state index is 14.1. The van der Waals surface area contributed by atoms with Gasteiger partial charge in [0.05, 0.1) is 5.02 Å². The van der Waals surface area contributed by atoms with Crippen molar-refractivity contribution in [2.75, 3.05) is 5.32 Å². The van der Waals surface area contributed by atoms with Crippen LogP contribution in [0.3, 0.4) is 0 Å². The van der Waals surface area contributed by atoms with Gasteiger partial charge in [-0.3, -0.25) is 0 Å². The van der Waals surface area contributed by atoms with E-state index in [1.807, 2.05) is 0 Å². The van der Waals surface area contributed by atoms with Crippen molar-refractivity contribution >= 4 is 17.3 Å². The molecule has 25 heavy (non-hydrogen) atoms. The van der Waals surface area contributed by atoms with Gasteiger partial charge in [0.1, 0.15) is 23.9 Å². The first-order chi connectivity index (χ1) is 12.0. The molecule has 0 saturated carbocycles. The molecule has 0 bridgehead atoms. The maximum absolute atomic E-state index is 14.1. The van der Waals surface area contributed by atoms with Crippen LogP contribution >= 0.6 is 11.6 Å². The smallest absolute Gasteiger partial charge is 0.184 e. The summed E-state index contributed by atoms with van der Waals surface area (Å²) in [4.78, 5) is 0. The van der Waals surface area contributed by atoms with E-state index in [0.717, 1.165) is 6.07 Å². The van der Waals surface area contributed by atoms with E-state index >= 15 is 0 Å². The SMILES string of the molecule is N#CC(C#N)=C(C#N)Nc1ccc(Oc2cccc(Cl)c2F)c(F)c1. The second kappa shape index (κ2) is 7.79. The van der Waals surface area contributed by atoms with Gasteiger partial charge in [-0.25, -0.2) is 8.78 Å². The number of nitrogens with one attached hydrogen (secondary N) is 1. The molecule has 8 heteroatoms. The molecular weight excluding hydrogens is 350 g/mol. The Labute approximate surface area is 146 Å². The lowest BCUT2D eigenvalue weighted by Gasteiger charge is -2.10. The summed E-state index contributed by atoms with van der Waals surface area (Å²) in [6.45, 7) is 0. The predicted molar refractivity (Wildman–Crippen MR) is 85.4 cm³/mol. The van der Waals surface area contributed by atoms with E-state index in [9.17, 15) is 8.78 Å². The molecule has 0 spiro atoms. The summed E-state index contributed by atoms with van der Waals surface area (Å²) < 4.78 is 33.1. The molecule has 0 aliphatic heterocycles. The predicted octanol–water partition coefficient (Wildman–Crippen LogP) is 4.65. The Hall–Kier alpha value is -3.60. The van der Waals surface area contributed by atoms with Gasteiger partial charge in [-0.15, -0.1) is 0 Å². The molecule has 0 heterocycles. The lowest BCUT2D eigenvalue weighted by Crippen LogP contribution is -2.01. The minimum atomic E-state index is -0.850. The van der Waals surface area contributed by atoms with Crippen molar-refractivity contribution in [1.29, 1.82) is 15.8 Å². The molecular formula is C17H7ClF2N4O. The summed E-state index contributed by atoms with van der Waals surface area (Å²) in [6.07, 6.45) is 0. The van der Waals surface area contributed by atoms with Crippen LogP contribution in [0.2, 0.25) is 5.02 Å². The molecule has 0 unspecified atom stereocenters. The van der Waals surface area contributed by atoms with Gasteiger partial charge >= 0.3 is 0 Å². The molecule has 0 radical (unpaired) electrons. The molecule has 0 aromatic heterocycles. The minimum absolute atomic E-state index is 0.107. The number of nitrogens with zero attached hydrogens (tertiary/aromatic N) is 3. The van der Waals surface area contributed by atoms with E-state index in [1.165, 1.54) is 30.3 Å². The van der Waals surface area contributed by atoms with Crippen LogP contribution in [0.15, 0.2) is 47.7 Å². The third-order valence-electron chi connectivity index (χ3n) is 2.92. The summed E-state index contributed by atoms with van der Waals surface area (Å²) in [5.41, 5.74) is -0.654. The van der Waals surface area contributed by atoms with Gasteiger partial charge in [0.25, 0.3) is 0 Å². The second-order valence-corrected chi connectivity index (χ2v) is 4.92. The number of nitriles is 3. The maximum Gasteiger partial charge on any atom is 0.184 e. The fourth-order valence-electron chi connectivity index (χ4n) is 1.77. The van der Waals surface area contributed by atoms with Crippen LogP contribution < -0.4 is 10.1 Å². The largest absolute Gasteiger partial charge is 0.451 e. The van der Waals surface area contributed by atoms with Crippen LogP contribution in [-0.2, 0) is 0 Å². The fraction of sp³-hybridized carbons (Fsp3) is 0. The third kappa shape index (κ3) is 4.03. The summed E-state index contributed by atoms with van der Waals surface area (Å²) in [5.74, 6) is -2.19. The molecule has 0 aliphatic rings. The molecule has 5 nitrogen and oxygen atoms in total. The zero-order chi connectivity index (χ0) is 18.4. The Morgan fingerprint density at radius 3 is 2.32 bits per heavy atom. The zero-order valence-corrected chi connectivity index (χ0v) is 13.1. The highest BCUT2D eigenvalue weighted by molar-refractivity contribution is 6.30. The Bertz CT molecular complexity index is 968. The molecule has 0 fully saturated rings. The van der Waals surface area contributed by atoms with E-state index in [1.54, 1.807) is 18.2 Å². The van der Waals surface area contributed by atoms with Crippen LogP contribution in [0.1, 0.15) is 0 Å². The Morgan fingerprint density at radius 1 is 1.00 bits per heavy atom. The lowest BCUT2D eigenvalue weighted by atomic mass is 10.2. The van der Waals surface area contributed by atoms with Gasteiger partial charge in [0.2, 0.25) is 0 Å². The molecule has 122 valence electrons. The zero-order valence-electron chi connectivity index (χ0n) is 12.3. The number of hydrogen-bond acceptors (Lipinski definition) is 5. The van der Waals surface area contributed by atoms with Crippen LogP contribution in [-0.4, -0.2) is 0 Å². The molecule has 0 saturated heterocycles. The molecule has 0 atom stereocenters. The minimum Gasteiger partial charge on any atom is -0.451 e. The van der Waals surface area contributed by atoms with E-state index < -0.39 is 17.2 Å². The summed E-state index contributed by atoms with van der Waals surface area (Å²) >= 11 is 5.63. The van der Waals surface area contributed by atoms with Crippen molar-refractivity contribution in [3.63, 3.8) is 0 Å². The van der Waals surface area contributed by atoms with Gasteiger partial charge < -0.3 is 10.1 Å². The average Bonchev–Trinajstić information content (AvgIpc) is 2.61. The highest BCUT2D eigenvalue weighted by atomic mass is 35.5.